The highest BCUT2D eigenvalue weighted by atomic mass is 16.1. The maximum atomic E-state index is 12.0. The zero-order valence-corrected chi connectivity index (χ0v) is 15.4. The summed E-state index contributed by atoms with van der Waals surface area (Å²) in [7, 11) is 0. The molecule has 0 unspecified atom stereocenters. The zero-order chi connectivity index (χ0) is 18.4. The topological polar surface area (TPSA) is 64.7 Å². The molecule has 1 aromatic carbocycles. The molecule has 0 radical (unpaired) electrons. The zero-order valence-electron chi connectivity index (χ0n) is 15.4. The maximum Gasteiger partial charge on any atom is 0.220 e. The van der Waals surface area contributed by atoms with Gasteiger partial charge in [-0.3, -0.25) is 4.79 Å². The maximum absolute atomic E-state index is 12.0. The normalized spacial score (nSPS) is 10.8. The third-order valence-corrected chi connectivity index (χ3v) is 4.31. The van der Waals surface area contributed by atoms with Gasteiger partial charge in [-0.25, -0.2) is 9.67 Å². The quantitative estimate of drug-likeness (QED) is 0.635. The molecule has 3 aromatic rings. The number of hydrogen-bond donors (Lipinski definition) is 1. The lowest BCUT2D eigenvalue weighted by Gasteiger charge is -2.07. The summed E-state index contributed by atoms with van der Waals surface area (Å²) in [6.45, 7) is 5.60. The Kier molecular flexibility index (Phi) is 5.84. The minimum atomic E-state index is 0.0956. The molecule has 2 heterocycles. The number of nitrogens with zero attached hydrogens (tertiary/aromatic N) is 4. The van der Waals surface area contributed by atoms with Gasteiger partial charge in [0.05, 0.1) is 17.7 Å². The van der Waals surface area contributed by atoms with Crippen LogP contribution in [0.15, 0.2) is 49.1 Å². The van der Waals surface area contributed by atoms with E-state index in [2.05, 4.69) is 45.7 Å². The summed E-state index contributed by atoms with van der Waals surface area (Å²) in [5.74, 6) is 0.0956. The number of aromatic nitrogens is 4. The van der Waals surface area contributed by atoms with E-state index < -0.39 is 0 Å². The molecule has 0 aliphatic heterocycles. The highest BCUT2D eigenvalue weighted by Crippen LogP contribution is 2.14. The van der Waals surface area contributed by atoms with Crippen molar-refractivity contribution in [2.45, 2.75) is 39.7 Å². The fourth-order valence-corrected chi connectivity index (χ4v) is 2.95. The van der Waals surface area contributed by atoms with Gasteiger partial charge in [0, 0.05) is 37.6 Å². The summed E-state index contributed by atoms with van der Waals surface area (Å²) < 4.78 is 3.95. The van der Waals surface area contributed by atoms with E-state index in [0.717, 1.165) is 42.0 Å². The first kappa shape index (κ1) is 17.9. The molecular formula is C20H25N5O. The molecule has 0 aliphatic rings. The van der Waals surface area contributed by atoms with Gasteiger partial charge in [-0.2, -0.15) is 5.10 Å². The van der Waals surface area contributed by atoms with Crippen LogP contribution in [-0.2, 0) is 17.8 Å². The van der Waals surface area contributed by atoms with Crippen LogP contribution in [0.5, 0.6) is 0 Å². The molecule has 0 bridgehead atoms. The summed E-state index contributed by atoms with van der Waals surface area (Å²) in [6, 6.07) is 10.3. The number of benzene rings is 1. The van der Waals surface area contributed by atoms with Crippen molar-refractivity contribution in [1.29, 1.82) is 0 Å². The second kappa shape index (κ2) is 8.47. The number of carbonyl (C=O) groups is 1. The third-order valence-electron chi connectivity index (χ3n) is 4.31. The third kappa shape index (κ3) is 4.81. The Morgan fingerprint density at radius 1 is 1.19 bits per heavy atom. The fourth-order valence-electron chi connectivity index (χ4n) is 2.95. The minimum Gasteiger partial charge on any atom is -0.356 e. The molecule has 0 saturated carbocycles. The standard InChI is InChI=1S/C20H25N5O/c1-16-14-17(2)25(23-16)19-7-4-18(5-8-19)6-9-20(26)22-10-3-12-24-13-11-21-15-24/h4-5,7-8,11,13-15H,3,6,9-10,12H2,1-2H3,(H,22,26). The molecule has 2 aromatic heterocycles. The number of hydrogen-bond acceptors (Lipinski definition) is 3. The summed E-state index contributed by atoms with van der Waals surface area (Å²) in [6.07, 6.45) is 7.63. The number of rotatable bonds is 8. The van der Waals surface area contributed by atoms with Gasteiger partial charge in [-0.1, -0.05) is 12.1 Å². The van der Waals surface area contributed by atoms with Gasteiger partial charge in [-0.05, 0) is 50.5 Å². The van der Waals surface area contributed by atoms with Gasteiger partial charge >= 0.3 is 0 Å². The van der Waals surface area contributed by atoms with Gasteiger partial charge < -0.3 is 9.88 Å². The van der Waals surface area contributed by atoms with Crippen LogP contribution in [0, 0.1) is 13.8 Å². The Hall–Kier alpha value is -2.89. The van der Waals surface area contributed by atoms with Crippen molar-refractivity contribution < 1.29 is 4.79 Å². The molecule has 0 atom stereocenters. The summed E-state index contributed by atoms with van der Waals surface area (Å²) in [5.41, 5.74) is 4.33. The molecule has 6 heteroatoms. The highest BCUT2D eigenvalue weighted by molar-refractivity contribution is 5.76. The van der Waals surface area contributed by atoms with Crippen LogP contribution < -0.4 is 5.32 Å². The smallest absolute Gasteiger partial charge is 0.220 e. The Morgan fingerprint density at radius 3 is 2.65 bits per heavy atom. The van der Waals surface area contributed by atoms with E-state index in [4.69, 9.17) is 0 Å². The molecule has 6 nitrogen and oxygen atoms in total. The number of carbonyl (C=O) groups excluding carboxylic acids is 1. The monoisotopic (exact) mass is 351 g/mol. The predicted molar refractivity (Wildman–Crippen MR) is 101 cm³/mol. The lowest BCUT2D eigenvalue weighted by atomic mass is 10.1. The van der Waals surface area contributed by atoms with Crippen LogP contribution in [0.25, 0.3) is 5.69 Å². The first-order chi connectivity index (χ1) is 12.6. The number of imidazole rings is 1. The van der Waals surface area contributed by atoms with Crippen molar-refractivity contribution in [1.82, 2.24) is 24.6 Å². The number of aryl methyl sites for hydroxylation is 4. The molecule has 3 rings (SSSR count). The van der Waals surface area contributed by atoms with Gasteiger partial charge in [0.25, 0.3) is 0 Å². The van der Waals surface area contributed by atoms with Gasteiger partial charge in [-0.15, -0.1) is 0 Å². The van der Waals surface area contributed by atoms with Crippen molar-refractivity contribution in [3.63, 3.8) is 0 Å². The average molecular weight is 351 g/mol. The molecule has 0 spiro atoms. The Morgan fingerprint density at radius 2 is 2.00 bits per heavy atom. The van der Waals surface area contributed by atoms with Crippen LogP contribution >= 0.6 is 0 Å². The summed E-state index contributed by atoms with van der Waals surface area (Å²) in [4.78, 5) is 16.0. The van der Waals surface area contributed by atoms with Gasteiger partial charge in [0.1, 0.15) is 0 Å². The van der Waals surface area contributed by atoms with Crippen LogP contribution in [0.1, 0.15) is 29.8 Å². The van der Waals surface area contributed by atoms with Crippen LogP contribution in [0.4, 0.5) is 0 Å². The molecule has 1 amide bonds. The van der Waals surface area contributed by atoms with E-state index in [1.54, 1.807) is 12.5 Å². The van der Waals surface area contributed by atoms with E-state index in [-0.39, 0.29) is 5.91 Å². The molecule has 136 valence electrons. The lowest BCUT2D eigenvalue weighted by molar-refractivity contribution is -0.121. The second-order valence-electron chi connectivity index (χ2n) is 6.51. The van der Waals surface area contributed by atoms with Crippen molar-refractivity contribution in [2.75, 3.05) is 6.54 Å². The first-order valence-corrected chi connectivity index (χ1v) is 8.97. The molecule has 0 fully saturated rings. The van der Waals surface area contributed by atoms with Gasteiger partial charge in [0.15, 0.2) is 0 Å². The molecule has 0 saturated heterocycles. The number of amides is 1. The van der Waals surface area contributed by atoms with Gasteiger partial charge in [0.2, 0.25) is 5.91 Å². The van der Waals surface area contributed by atoms with E-state index in [1.807, 2.05) is 29.3 Å². The van der Waals surface area contributed by atoms with Crippen molar-refractivity contribution in [3.8, 4) is 5.69 Å². The Labute approximate surface area is 153 Å². The van der Waals surface area contributed by atoms with E-state index in [1.165, 1.54) is 0 Å². The largest absolute Gasteiger partial charge is 0.356 e. The summed E-state index contributed by atoms with van der Waals surface area (Å²) >= 11 is 0. The van der Waals surface area contributed by atoms with Crippen molar-refractivity contribution >= 4 is 5.91 Å². The minimum absolute atomic E-state index is 0.0956. The van der Waals surface area contributed by atoms with Crippen LogP contribution in [0.3, 0.4) is 0 Å². The molecular weight excluding hydrogens is 326 g/mol. The van der Waals surface area contributed by atoms with E-state index in [0.29, 0.717) is 13.0 Å². The van der Waals surface area contributed by atoms with Crippen molar-refractivity contribution in [3.05, 3.63) is 66.0 Å². The molecule has 1 N–H and O–H groups in total. The van der Waals surface area contributed by atoms with E-state index >= 15 is 0 Å². The van der Waals surface area contributed by atoms with E-state index in [9.17, 15) is 4.79 Å². The average Bonchev–Trinajstić information content (AvgIpc) is 3.26. The second-order valence-corrected chi connectivity index (χ2v) is 6.51. The Bertz CT molecular complexity index is 834. The Balaban J connectivity index is 1.41. The lowest BCUT2D eigenvalue weighted by Crippen LogP contribution is -2.25. The molecule has 26 heavy (non-hydrogen) atoms. The van der Waals surface area contributed by atoms with Crippen LogP contribution in [0.2, 0.25) is 0 Å². The predicted octanol–water partition coefficient (Wildman–Crippen LogP) is 2.82. The SMILES string of the molecule is Cc1cc(C)n(-c2ccc(CCC(=O)NCCCn3ccnc3)cc2)n1. The first-order valence-electron chi connectivity index (χ1n) is 8.97. The molecule has 0 aliphatic carbocycles. The number of nitrogens with one attached hydrogen (secondary N) is 1. The van der Waals surface area contributed by atoms with Crippen LogP contribution in [-0.4, -0.2) is 31.8 Å². The van der Waals surface area contributed by atoms with Crippen molar-refractivity contribution in [2.24, 2.45) is 0 Å². The summed E-state index contributed by atoms with van der Waals surface area (Å²) in [5, 5.41) is 7.47. The fraction of sp³-hybridized carbons (Fsp3) is 0.350. The highest BCUT2D eigenvalue weighted by Gasteiger charge is 2.05.